The van der Waals surface area contributed by atoms with Gasteiger partial charge in [0.15, 0.2) is 6.17 Å². The summed E-state index contributed by atoms with van der Waals surface area (Å²) in [6.07, 6.45) is -2.50. The second-order valence-electron chi connectivity index (χ2n) is 7.41. The summed E-state index contributed by atoms with van der Waals surface area (Å²) in [7, 11) is 0. The van der Waals surface area contributed by atoms with Crippen molar-refractivity contribution in [1.82, 2.24) is 0 Å². The van der Waals surface area contributed by atoms with Crippen LogP contribution in [-0.4, -0.2) is 24.0 Å². The Kier molecular flexibility index (Phi) is 4.76. The third kappa shape index (κ3) is 2.72. The molecule has 2 atom stereocenters. The number of hydrogen-bond acceptors (Lipinski definition) is 3. The first kappa shape index (κ1) is 19.4. The molecule has 0 radical (unpaired) electrons. The molecule has 1 heterocycles. The number of anilines is 1. The summed E-state index contributed by atoms with van der Waals surface area (Å²) < 4.78 is 42.9. The van der Waals surface area contributed by atoms with Crippen molar-refractivity contribution in [2.75, 3.05) is 4.90 Å². The fourth-order valence-corrected chi connectivity index (χ4v) is 3.54. The van der Waals surface area contributed by atoms with Gasteiger partial charge in [-0.3, -0.25) is 9.59 Å². The predicted molar refractivity (Wildman–Crippen MR) is 96.3 cm³/mol. The van der Waals surface area contributed by atoms with Crippen LogP contribution in [0, 0.1) is 0 Å². The lowest BCUT2D eigenvalue weighted by atomic mass is 9.92. The third-order valence-electron chi connectivity index (χ3n) is 4.98. The molecule has 1 saturated heterocycles. The predicted octanol–water partition coefficient (Wildman–Crippen LogP) is 3.93. The number of alkyl halides is 1. The maximum absolute atomic E-state index is 14.5. The lowest BCUT2D eigenvalue weighted by Crippen LogP contribution is -2.37. The summed E-state index contributed by atoms with van der Waals surface area (Å²) in [5.74, 6) is -4.99. The number of nitrogens with two attached hydrogens (primary N) is 1. The Morgan fingerprint density at radius 3 is 1.81 bits per heavy atom. The van der Waals surface area contributed by atoms with E-state index in [1.165, 1.54) is 0 Å². The molecule has 144 valence electrons. The van der Waals surface area contributed by atoms with E-state index >= 15 is 0 Å². The van der Waals surface area contributed by atoms with Crippen LogP contribution in [0.25, 0.3) is 0 Å². The molecule has 1 aromatic carbocycles. The van der Waals surface area contributed by atoms with E-state index in [2.05, 4.69) is 0 Å². The van der Waals surface area contributed by atoms with Crippen LogP contribution in [0.2, 0.25) is 0 Å². The normalized spacial score (nSPS) is 23.3. The largest absolute Gasteiger partial charge is 0.319 e. The van der Waals surface area contributed by atoms with Crippen molar-refractivity contribution in [3.05, 3.63) is 52.1 Å². The van der Waals surface area contributed by atoms with Gasteiger partial charge in [-0.25, -0.2) is 18.1 Å². The van der Waals surface area contributed by atoms with E-state index in [1.54, 1.807) is 18.2 Å². The molecular weight excluding hydrogens is 357 g/mol. The van der Waals surface area contributed by atoms with Crippen molar-refractivity contribution in [1.29, 1.82) is 0 Å². The average molecular weight is 378 g/mol. The van der Waals surface area contributed by atoms with Crippen LogP contribution in [0.1, 0.15) is 50.7 Å². The molecule has 0 spiro atoms. The third-order valence-corrected chi connectivity index (χ3v) is 4.98. The Morgan fingerprint density at radius 1 is 0.926 bits per heavy atom. The van der Waals surface area contributed by atoms with Crippen LogP contribution in [0.4, 0.5) is 18.9 Å². The summed E-state index contributed by atoms with van der Waals surface area (Å²) >= 11 is 0. The number of rotatable bonds is 3. The van der Waals surface area contributed by atoms with Crippen LogP contribution in [-0.2, 0) is 9.59 Å². The molecule has 0 bridgehead atoms. The minimum atomic E-state index is -2.50. The zero-order valence-corrected chi connectivity index (χ0v) is 15.5. The molecule has 2 aliphatic rings. The molecule has 2 unspecified atom stereocenters. The fourth-order valence-electron chi connectivity index (χ4n) is 3.54. The maximum Gasteiger partial charge on any atom is 0.269 e. The van der Waals surface area contributed by atoms with E-state index in [9.17, 15) is 22.8 Å². The van der Waals surface area contributed by atoms with Crippen LogP contribution in [0.5, 0.6) is 0 Å². The van der Waals surface area contributed by atoms with Gasteiger partial charge in [0.05, 0.1) is 22.9 Å². The van der Waals surface area contributed by atoms with Crippen LogP contribution in [0.15, 0.2) is 41.0 Å². The first-order chi connectivity index (χ1) is 12.6. The number of fused-ring (bicyclic) bond motifs is 1. The van der Waals surface area contributed by atoms with Gasteiger partial charge in [0.1, 0.15) is 11.7 Å². The Balaban J connectivity index is 2.31. The number of hydrogen-bond donors (Lipinski definition) is 1. The van der Waals surface area contributed by atoms with Gasteiger partial charge in [-0.2, -0.15) is 0 Å². The Labute approximate surface area is 155 Å². The Morgan fingerprint density at radius 2 is 1.37 bits per heavy atom. The molecule has 7 heteroatoms. The molecule has 3 rings (SSSR count). The van der Waals surface area contributed by atoms with Gasteiger partial charge < -0.3 is 5.73 Å². The standard InChI is InChI=1S/C20H21F3N2O2/c1-8(2)10-6-5-7-11(9(3)4)18(10)25-19(26)12-13(20(25)27)15(22)17(24)16(23)14(12)21/h5-9,16-17H,24H2,1-4H3. The number of imide groups is 1. The van der Waals surface area contributed by atoms with E-state index in [-0.39, 0.29) is 11.8 Å². The van der Waals surface area contributed by atoms with Crippen molar-refractivity contribution in [3.8, 4) is 0 Å². The molecular formula is C20H21F3N2O2. The number of nitrogens with zero attached hydrogens (tertiary/aromatic N) is 1. The van der Waals surface area contributed by atoms with Gasteiger partial charge in [0, 0.05) is 0 Å². The molecule has 1 aliphatic carbocycles. The van der Waals surface area contributed by atoms with Crippen LogP contribution < -0.4 is 10.6 Å². The number of carbonyl (C=O) groups excluding carboxylic acids is 2. The Hall–Kier alpha value is -2.41. The highest BCUT2D eigenvalue weighted by Gasteiger charge is 2.51. The number of carbonyl (C=O) groups is 2. The molecule has 1 aromatic rings. The monoisotopic (exact) mass is 378 g/mol. The molecule has 27 heavy (non-hydrogen) atoms. The number of para-hydroxylation sites is 1. The summed E-state index contributed by atoms with van der Waals surface area (Å²) in [5.41, 5.74) is 5.39. The Bertz CT molecular complexity index is 834. The number of benzene rings is 1. The van der Waals surface area contributed by atoms with Gasteiger partial charge in [-0.05, 0) is 23.0 Å². The SMILES string of the molecule is CC(C)c1cccc(C(C)C)c1N1C(=O)C2=C(F)C(N)C(F)C(F)=C2C1=O. The van der Waals surface area contributed by atoms with Gasteiger partial charge in [-0.1, -0.05) is 45.9 Å². The molecule has 4 nitrogen and oxygen atoms in total. The molecule has 1 fully saturated rings. The summed E-state index contributed by atoms with van der Waals surface area (Å²) in [5, 5.41) is 0. The highest BCUT2D eigenvalue weighted by Crippen LogP contribution is 2.44. The molecule has 2 amide bonds. The summed E-state index contributed by atoms with van der Waals surface area (Å²) in [6.45, 7) is 7.53. The van der Waals surface area contributed by atoms with Gasteiger partial charge in [0.2, 0.25) is 0 Å². The minimum Gasteiger partial charge on any atom is -0.319 e. The van der Waals surface area contributed by atoms with Crippen molar-refractivity contribution in [2.45, 2.75) is 51.7 Å². The van der Waals surface area contributed by atoms with Gasteiger partial charge in [0.25, 0.3) is 11.8 Å². The summed E-state index contributed by atoms with van der Waals surface area (Å²) in [4.78, 5) is 26.6. The zero-order valence-electron chi connectivity index (χ0n) is 15.5. The van der Waals surface area contributed by atoms with E-state index < -0.39 is 46.8 Å². The van der Waals surface area contributed by atoms with Gasteiger partial charge in [-0.15, -0.1) is 0 Å². The van der Waals surface area contributed by atoms with Gasteiger partial charge >= 0.3 is 0 Å². The lowest BCUT2D eigenvalue weighted by Gasteiger charge is -2.25. The van der Waals surface area contributed by atoms with E-state index in [0.29, 0.717) is 16.8 Å². The van der Waals surface area contributed by atoms with Crippen molar-refractivity contribution in [3.63, 3.8) is 0 Å². The van der Waals surface area contributed by atoms with Crippen molar-refractivity contribution >= 4 is 17.5 Å². The molecule has 0 aromatic heterocycles. The van der Waals surface area contributed by atoms with E-state index in [0.717, 1.165) is 4.90 Å². The average Bonchev–Trinajstić information content (AvgIpc) is 2.87. The van der Waals surface area contributed by atoms with Crippen LogP contribution >= 0.6 is 0 Å². The van der Waals surface area contributed by atoms with Crippen LogP contribution in [0.3, 0.4) is 0 Å². The second kappa shape index (κ2) is 6.64. The van der Waals surface area contributed by atoms with E-state index in [4.69, 9.17) is 5.73 Å². The first-order valence-electron chi connectivity index (χ1n) is 8.80. The maximum atomic E-state index is 14.5. The van der Waals surface area contributed by atoms with E-state index in [1.807, 2.05) is 27.7 Å². The first-order valence-corrected chi connectivity index (χ1v) is 8.80. The summed E-state index contributed by atoms with van der Waals surface area (Å²) in [6, 6.07) is 3.38. The zero-order chi connectivity index (χ0) is 20.2. The quantitative estimate of drug-likeness (QED) is 0.811. The minimum absolute atomic E-state index is 0.0595. The second-order valence-corrected chi connectivity index (χ2v) is 7.41. The topological polar surface area (TPSA) is 63.4 Å². The fraction of sp³-hybridized carbons (Fsp3) is 0.400. The molecule has 0 saturated carbocycles. The number of amides is 2. The van der Waals surface area contributed by atoms with Crippen molar-refractivity contribution in [2.24, 2.45) is 5.73 Å². The highest BCUT2D eigenvalue weighted by molar-refractivity contribution is 6.38. The molecule has 1 aliphatic heterocycles. The van der Waals surface area contributed by atoms with Crippen molar-refractivity contribution < 1.29 is 22.8 Å². The smallest absolute Gasteiger partial charge is 0.269 e. The molecule has 2 N–H and O–H groups in total. The highest BCUT2D eigenvalue weighted by atomic mass is 19.2. The number of halogens is 3. The lowest BCUT2D eigenvalue weighted by molar-refractivity contribution is -0.119.